The molecule has 1 atom stereocenters. The van der Waals surface area contributed by atoms with E-state index in [1.54, 1.807) is 11.6 Å². The highest BCUT2D eigenvalue weighted by atomic mass is 19.1. The molecular weight excluding hydrogens is 260 g/mol. The summed E-state index contributed by atoms with van der Waals surface area (Å²) in [4.78, 5) is 0. The van der Waals surface area contributed by atoms with Crippen molar-refractivity contribution in [2.75, 3.05) is 5.32 Å². The smallest absolute Gasteiger partial charge is 0.152 e. The van der Waals surface area contributed by atoms with Crippen LogP contribution in [0.25, 0.3) is 0 Å². The fourth-order valence-electron chi connectivity index (χ4n) is 2.49. The number of hydrogen-bond acceptors (Lipinski definition) is 2. The van der Waals surface area contributed by atoms with Gasteiger partial charge < -0.3 is 5.32 Å². The van der Waals surface area contributed by atoms with Gasteiger partial charge in [0.1, 0.15) is 11.5 Å². The van der Waals surface area contributed by atoms with Crippen LogP contribution < -0.4 is 5.32 Å². The Morgan fingerprint density at radius 1 is 1.20 bits per heavy atom. The van der Waals surface area contributed by atoms with Crippen LogP contribution in [0, 0.1) is 32.4 Å². The van der Waals surface area contributed by atoms with Gasteiger partial charge in [-0.1, -0.05) is 6.07 Å². The molecule has 108 valence electrons. The average Bonchev–Trinajstić information content (AvgIpc) is 2.63. The maximum absolute atomic E-state index is 14.0. The number of anilines is 1. The molecule has 0 aliphatic heterocycles. The Labute approximate surface area is 117 Å². The van der Waals surface area contributed by atoms with Gasteiger partial charge in [-0.15, -0.1) is 0 Å². The minimum absolute atomic E-state index is 0.0832. The molecular formula is C15H19F2N3. The number of halogens is 2. The van der Waals surface area contributed by atoms with E-state index in [-0.39, 0.29) is 11.7 Å². The SMILES string of the molecule is Cc1ccc(F)c(NC(C)c2c(C)nn(C)c2C)c1F. The molecule has 0 amide bonds. The lowest BCUT2D eigenvalue weighted by Crippen LogP contribution is -2.12. The molecule has 1 unspecified atom stereocenters. The monoisotopic (exact) mass is 279 g/mol. The number of nitrogens with one attached hydrogen (secondary N) is 1. The van der Waals surface area contributed by atoms with E-state index < -0.39 is 11.6 Å². The van der Waals surface area contributed by atoms with Crippen LogP contribution in [0.4, 0.5) is 14.5 Å². The number of aryl methyl sites for hydroxylation is 3. The molecule has 0 bridgehead atoms. The van der Waals surface area contributed by atoms with Crippen LogP contribution in [0.3, 0.4) is 0 Å². The van der Waals surface area contributed by atoms with Gasteiger partial charge in [-0.2, -0.15) is 5.10 Å². The standard InChI is InChI=1S/C15H19F2N3/c1-8-6-7-12(16)15(14(8)17)18-9(2)13-10(3)19-20(5)11(13)4/h6-7,9,18H,1-5H3. The first-order valence-electron chi connectivity index (χ1n) is 6.54. The third kappa shape index (κ3) is 2.40. The maximum atomic E-state index is 14.0. The van der Waals surface area contributed by atoms with Gasteiger partial charge in [-0.3, -0.25) is 4.68 Å². The molecule has 1 aromatic carbocycles. The van der Waals surface area contributed by atoms with Crippen molar-refractivity contribution in [2.45, 2.75) is 33.7 Å². The van der Waals surface area contributed by atoms with Gasteiger partial charge in [0.25, 0.3) is 0 Å². The molecule has 5 heteroatoms. The Balaban J connectivity index is 2.38. The highest BCUT2D eigenvalue weighted by Crippen LogP contribution is 2.28. The Kier molecular flexibility index (Phi) is 3.79. The summed E-state index contributed by atoms with van der Waals surface area (Å²) in [5.74, 6) is -1.13. The molecule has 1 aromatic heterocycles. The zero-order valence-electron chi connectivity index (χ0n) is 12.4. The molecule has 0 aliphatic rings. The topological polar surface area (TPSA) is 29.9 Å². The van der Waals surface area contributed by atoms with Crippen molar-refractivity contribution in [1.82, 2.24) is 9.78 Å². The van der Waals surface area contributed by atoms with Gasteiger partial charge >= 0.3 is 0 Å². The zero-order valence-corrected chi connectivity index (χ0v) is 12.4. The number of aromatic nitrogens is 2. The van der Waals surface area contributed by atoms with E-state index in [0.717, 1.165) is 17.0 Å². The molecule has 0 spiro atoms. The second-order valence-corrected chi connectivity index (χ2v) is 5.13. The van der Waals surface area contributed by atoms with Gasteiger partial charge in [-0.05, 0) is 39.3 Å². The van der Waals surface area contributed by atoms with Crippen molar-refractivity contribution < 1.29 is 8.78 Å². The van der Waals surface area contributed by atoms with E-state index in [1.165, 1.54) is 12.1 Å². The minimum Gasteiger partial charge on any atom is -0.374 e. The fourth-order valence-corrected chi connectivity index (χ4v) is 2.49. The highest BCUT2D eigenvalue weighted by Gasteiger charge is 2.19. The Bertz CT molecular complexity index is 647. The van der Waals surface area contributed by atoms with E-state index in [1.807, 2.05) is 27.8 Å². The van der Waals surface area contributed by atoms with Gasteiger partial charge in [0.15, 0.2) is 5.82 Å². The second-order valence-electron chi connectivity index (χ2n) is 5.13. The summed E-state index contributed by atoms with van der Waals surface area (Å²) in [7, 11) is 1.85. The molecule has 20 heavy (non-hydrogen) atoms. The summed E-state index contributed by atoms with van der Waals surface area (Å²) in [5.41, 5.74) is 3.14. The Morgan fingerprint density at radius 2 is 1.85 bits per heavy atom. The normalized spacial score (nSPS) is 12.6. The van der Waals surface area contributed by atoms with Crippen molar-refractivity contribution in [1.29, 1.82) is 0 Å². The molecule has 1 heterocycles. The number of benzene rings is 1. The summed E-state index contributed by atoms with van der Waals surface area (Å²) < 4.78 is 29.6. The summed E-state index contributed by atoms with van der Waals surface area (Å²) in [6.07, 6.45) is 0. The molecule has 1 N–H and O–H groups in total. The quantitative estimate of drug-likeness (QED) is 0.926. The Morgan fingerprint density at radius 3 is 2.40 bits per heavy atom. The van der Waals surface area contributed by atoms with Crippen molar-refractivity contribution >= 4 is 5.69 Å². The van der Waals surface area contributed by atoms with Crippen LogP contribution >= 0.6 is 0 Å². The lowest BCUT2D eigenvalue weighted by atomic mass is 10.1. The first-order valence-corrected chi connectivity index (χ1v) is 6.54. The van der Waals surface area contributed by atoms with E-state index >= 15 is 0 Å². The molecule has 0 fully saturated rings. The molecule has 2 aromatic rings. The predicted octanol–water partition coefficient (Wildman–Crippen LogP) is 3.80. The Hall–Kier alpha value is -1.91. The van der Waals surface area contributed by atoms with Crippen LogP contribution in [-0.4, -0.2) is 9.78 Å². The third-order valence-corrected chi connectivity index (χ3v) is 3.64. The van der Waals surface area contributed by atoms with Crippen LogP contribution in [0.1, 0.15) is 35.5 Å². The van der Waals surface area contributed by atoms with Gasteiger partial charge in [-0.25, -0.2) is 8.78 Å². The largest absolute Gasteiger partial charge is 0.374 e. The number of rotatable bonds is 3. The van der Waals surface area contributed by atoms with Gasteiger partial charge in [0.05, 0.1) is 11.7 Å². The third-order valence-electron chi connectivity index (χ3n) is 3.64. The maximum Gasteiger partial charge on any atom is 0.152 e. The lowest BCUT2D eigenvalue weighted by Gasteiger charge is -2.18. The van der Waals surface area contributed by atoms with Crippen molar-refractivity contribution in [3.05, 3.63) is 46.3 Å². The summed E-state index contributed by atoms with van der Waals surface area (Å²) in [6, 6.07) is 2.48. The van der Waals surface area contributed by atoms with E-state index in [2.05, 4.69) is 10.4 Å². The fraction of sp³-hybridized carbons (Fsp3) is 0.400. The number of nitrogens with zero attached hydrogens (tertiary/aromatic N) is 2. The van der Waals surface area contributed by atoms with E-state index in [9.17, 15) is 8.78 Å². The van der Waals surface area contributed by atoms with Crippen LogP contribution in [-0.2, 0) is 7.05 Å². The first kappa shape index (κ1) is 14.5. The first-order chi connectivity index (χ1) is 9.32. The molecule has 0 saturated heterocycles. The van der Waals surface area contributed by atoms with Crippen LogP contribution in [0.2, 0.25) is 0 Å². The molecule has 2 rings (SSSR count). The van der Waals surface area contributed by atoms with E-state index in [0.29, 0.717) is 5.56 Å². The summed E-state index contributed by atoms with van der Waals surface area (Å²) >= 11 is 0. The van der Waals surface area contributed by atoms with Crippen LogP contribution in [0.15, 0.2) is 12.1 Å². The molecule has 0 aliphatic carbocycles. The summed E-state index contributed by atoms with van der Waals surface area (Å²) in [5, 5.41) is 7.25. The van der Waals surface area contributed by atoms with Gasteiger partial charge in [0.2, 0.25) is 0 Å². The van der Waals surface area contributed by atoms with Crippen molar-refractivity contribution in [3.8, 4) is 0 Å². The molecule has 0 saturated carbocycles. The minimum atomic E-state index is -0.584. The lowest BCUT2D eigenvalue weighted by molar-refractivity contribution is 0.578. The second kappa shape index (κ2) is 5.23. The van der Waals surface area contributed by atoms with E-state index in [4.69, 9.17) is 0 Å². The van der Waals surface area contributed by atoms with Crippen LogP contribution in [0.5, 0.6) is 0 Å². The zero-order chi connectivity index (χ0) is 15.0. The molecule has 3 nitrogen and oxygen atoms in total. The highest BCUT2D eigenvalue weighted by molar-refractivity contribution is 5.51. The van der Waals surface area contributed by atoms with Gasteiger partial charge in [0, 0.05) is 18.3 Å². The van der Waals surface area contributed by atoms with Crippen molar-refractivity contribution in [3.63, 3.8) is 0 Å². The molecule has 0 radical (unpaired) electrons. The summed E-state index contributed by atoms with van der Waals surface area (Å²) in [6.45, 7) is 7.32. The van der Waals surface area contributed by atoms with Crippen molar-refractivity contribution in [2.24, 2.45) is 7.05 Å². The average molecular weight is 279 g/mol. The number of hydrogen-bond donors (Lipinski definition) is 1. The predicted molar refractivity (Wildman–Crippen MR) is 75.8 cm³/mol.